The van der Waals surface area contributed by atoms with Crippen LogP contribution in [0.1, 0.15) is 42.6 Å². The predicted molar refractivity (Wildman–Crippen MR) is 125 cm³/mol. The summed E-state index contributed by atoms with van der Waals surface area (Å²) in [5.74, 6) is 1.60. The summed E-state index contributed by atoms with van der Waals surface area (Å²) in [4.78, 5) is 19.1. The van der Waals surface area contributed by atoms with Crippen molar-refractivity contribution in [3.05, 3.63) is 53.9 Å². The molecule has 0 atom stereocenters. The van der Waals surface area contributed by atoms with Crippen molar-refractivity contribution in [1.29, 1.82) is 0 Å². The molecule has 0 N–H and O–H groups in total. The molecule has 2 heterocycles. The van der Waals surface area contributed by atoms with Crippen molar-refractivity contribution in [2.24, 2.45) is 5.92 Å². The number of aromatic nitrogens is 2. The summed E-state index contributed by atoms with van der Waals surface area (Å²) in [6.07, 6.45) is 5.91. The number of rotatable bonds is 7. The Labute approximate surface area is 182 Å². The van der Waals surface area contributed by atoms with Crippen LogP contribution in [-0.2, 0) is 13.0 Å². The van der Waals surface area contributed by atoms with Gasteiger partial charge in [0.05, 0.1) is 6.20 Å². The Bertz CT molecular complexity index is 1250. The van der Waals surface area contributed by atoms with E-state index in [4.69, 9.17) is 4.42 Å². The average Bonchev–Trinajstić information content (AvgIpc) is 3.48. The van der Waals surface area contributed by atoms with Gasteiger partial charge in [-0.15, -0.1) is 0 Å². The van der Waals surface area contributed by atoms with Gasteiger partial charge in [-0.05, 0) is 68.2 Å². The Balaban J connectivity index is 1.61. The number of hydrogen-bond acceptors (Lipinski definition) is 4. The monoisotopic (exact) mass is 415 g/mol. The molecule has 5 nitrogen and oxygen atoms in total. The number of nitrogens with zero attached hydrogens (tertiary/aromatic N) is 3. The van der Waals surface area contributed by atoms with E-state index < -0.39 is 0 Å². The van der Waals surface area contributed by atoms with Crippen LogP contribution in [0.3, 0.4) is 0 Å². The molecule has 1 aliphatic rings. The zero-order valence-electron chi connectivity index (χ0n) is 18.5. The highest BCUT2D eigenvalue weighted by Gasteiger charge is 2.25. The summed E-state index contributed by atoms with van der Waals surface area (Å²) in [6.45, 7) is 7.55. The van der Waals surface area contributed by atoms with Crippen molar-refractivity contribution < 1.29 is 9.21 Å². The van der Waals surface area contributed by atoms with Gasteiger partial charge in [-0.25, -0.2) is 4.98 Å². The molecule has 0 radical (unpaired) electrons. The van der Waals surface area contributed by atoms with Crippen LogP contribution < -0.4 is 0 Å². The van der Waals surface area contributed by atoms with Crippen LogP contribution in [0.5, 0.6) is 0 Å². The molecular weight excluding hydrogens is 386 g/mol. The smallest absolute Gasteiger partial charge is 0.225 e. The first kappa shape index (κ1) is 20.0. The van der Waals surface area contributed by atoms with E-state index in [-0.39, 0.29) is 5.78 Å². The normalized spacial score (nSPS) is 13.9. The molecule has 160 valence electrons. The molecule has 0 bridgehead atoms. The summed E-state index contributed by atoms with van der Waals surface area (Å²) in [7, 11) is 2.20. The largest absolute Gasteiger partial charge is 0.445 e. The number of carbonyl (C=O) groups excluding carboxylic acids is 1. The average molecular weight is 416 g/mol. The van der Waals surface area contributed by atoms with E-state index in [1.165, 1.54) is 33.8 Å². The third-order valence-corrected chi connectivity index (χ3v) is 6.51. The van der Waals surface area contributed by atoms with E-state index in [0.717, 1.165) is 37.2 Å². The first-order valence-electron chi connectivity index (χ1n) is 11.2. The molecule has 0 aliphatic heterocycles. The van der Waals surface area contributed by atoms with E-state index in [2.05, 4.69) is 59.6 Å². The van der Waals surface area contributed by atoms with Gasteiger partial charge in [0.25, 0.3) is 0 Å². The second-order valence-electron chi connectivity index (χ2n) is 9.12. The summed E-state index contributed by atoms with van der Waals surface area (Å²) in [6, 6.07) is 10.6. The van der Waals surface area contributed by atoms with Crippen molar-refractivity contribution in [3.63, 3.8) is 0 Å². The number of ketones is 1. The van der Waals surface area contributed by atoms with Crippen LogP contribution in [0.4, 0.5) is 0 Å². The molecule has 0 spiro atoms. The number of oxazole rings is 1. The van der Waals surface area contributed by atoms with Crippen LogP contribution in [0, 0.1) is 5.92 Å². The molecule has 0 saturated carbocycles. The number of aryl methyl sites for hydroxylation is 1. The summed E-state index contributed by atoms with van der Waals surface area (Å²) in [5, 5.41) is 2.40. The third kappa shape index (κ3) is 3.57. The van der Waals surface area contributed by atoms with Crippen LogP contribution in [0.2, 0.25) is 0 Å². The predicted octanol–water partition coefficient (Wildman–Crippen LogP) is 5.56. The van der Waals surface area contributed by atoms with Gasteiger partial charge in [-0.1, -0.05) is 13.8 Å². The maximum atomic E-state index is 12.4. The second kappa shape index (κ2) is 7.97. The van der Waals surface area contributed by atoms with Crippen molar-refractivity contribution in [2.45, 2.75) is 39.7 Å². The fraction of sp³-hybridized carbons (Fsp3) is 0.385. The van der Waals surface area contributed by atoms with E-state index in [0.29, 0.717) is 18.2 Å². The lowest BCUT2D eigenvalue weighted by atomic mass is 10.0. The Morgan fingerprint density at radius 3 is 2.74 bits per heavy atom. The van der Waals surface area contributed by atoms with Crippen LogP contribution >= 0.6 is 0 Å². The molecule has 5 heteroatoms. The SMILES string of the molecule is CC(C)CCN(C)CCn1c2ccc(-c3ncco3)cc2c2c3c(ccc21)C(=O)CC3. The number of likely N-dealkylation sites (N-methyl/N-ethyl adjacent to an activating group) is 1. The van der Waals surface area contributed by atoms with Crippen molar-refractivity contribution in [3.8, 4) is 11.5 Å². The van der Waals surface area contributed by atoms with E-state index in [1.54, 1.807) is 12.5 Å². The number of hydrogen-bond donors (Lipinski definition) is 0. The standard InChI is InChI=1S/C26H29N3O2/c1-17(2)10-12-28(3)13-14-29-22-7-4-18(26-27-11-15-31-26)16-21(22)25-20-6-9-24(30)19(20)5-8-23(25)29/h4-5,7-8,11,15-17H,6,9-10,12-14H2,1-3H3. The Morgan fingerprint density at radius 2 is 1.97 bits per heavy atom. The lowest BCUT2D eigenvalue weighted by Crippen LogP contribution is -2.25. The van der Waals surface area contributed by atoms with Gasteiger partial charge < -0.3 is 13.9 Å². The number of fused-ring (bicyclic) bond motifs is 5. The maximum absolute atomic E-state index is 12.4. The third-order valence-electron chi connectivity index (χ3n) is 6.51. The highest BCUT2D eigenvalue weighted by Crippen LogP contribution is 2.38. The number of carbonyl (C=O) groups is 1. The zero-order valence-corrected chi connectivity index (χ0v) is 18.5. The highest BCUT2D eigenvalue weighted by atomic mass is 16.3. The molecule has 2 aromatic carbocycles. The fourth-order valence-electron chi connectivity index (χ4n) is 4.76. The molecule has 5 rings (SSSR count). The van der Waals surface area contributed by atoms with Gasteiger partial charge in [0, 0.05) is 52.4 Å². The summed E-state index contributed by atoms with van der Waals surface area (Å²) < 4.78 is 7.96. The molecule has 1 aliphatic carbocycles. The lowest BCUT2D eigenvalue weighted by Gasteiger charge is -2.19. The van der Waals surface area contributed by atoms with Crippen molar-refractivity contribution in [2.75, 3.05) is 20.1 Å². The van der Waals surface area contributed by atoms with Gasteiger partial charge in [0.15, 0.2) is 5.78 Å². The minimum atomic E-state index is 0.259. The summed E-state index contributed by atoms with van der Waals surface area (Å²) in [5.41, 5.74) is 5.47. The molecular formula is C26H29N3O2. The van der Waals surface area contributed by atoms with Gasteiger partial charge in [0.2, 0.25) is 5.89 Å². The van der Waals surface area contributed by atoms with Gasteiger partial charge in [0.1, 0.15) is 6.26 Å². The minimum Gasteiger partial charge on any atom is -0.445 e. The Hall–Kier alpha value is -2.92. The van der Waals surface area contributed by atoms with Gasteiger partial charge in [-0.2, -0.15) is 0 Å². The number of benzene rings is 2. The van der Waals surface area contributed by atoms with Gasteiger partial charge >= 0.3 is 0 Å². The first-order valence-corrected chi connectivity index (χ1v) is 11.2. The topological polar surface area (TPSA) is 51.3 Å². The van der Waals surface area contributed by atoms with Crippen LogP contribution in [-0.4, -0.2) is 40.4 Å². The van der Waals surface area contributed by atoms with Gasteiger partial charge in [-0.3, -0.25) is 4.79 Å². The minimum absolute atomic E-state index is 0.259. The van der Waals surface area contributed by atoms with E-state index >= 15 is 0 Å². The van der Waals surface area contributed by atoms with Crippen LogP contribution in [0.15, 0.2) is 47.2 Å². The van der Waals surface area contributed by atoms with Crippen molar-refractivity contribution in [1.82, 2.24) is 14.5 Å². The lowest BCUT2D eigenvalue weighted by molar-refractivity contribution is 0.0994. The highest BCUT2D eigenvalue weighted by molar-refractivity contribution is 6.15. The maximum Gasteiger partial charge on any atom is 0.225 e. The zero-order chi connectivity index (χ0) is 21.5. The molecule has 0 amide bonds. The van der Waals surface area contributed by atoms with E-state index in [1.807, 2.05) is 6.07 Å². The van der Waals surface area contributed by atoms with E-state index in [9.17, 15) is 4.79 Å². The molecule has 0 unspecified atom stereocenters. The summed E-state index contributed by atoms with van der Waals surface area (Å²) >= 11 is 0. The Morgan fingerprint density at radius 1 is 1.13 bits per heavy atom. The van der Waals surface area contributed by atoms with Crippen LogP contribution in [0.25, 0.3) is 33.3 Å². The first-order chi connectivity index (χ1) is 15.0. The second-order valence-corrected chi connectivity index (χ2v) is 9.12. The fourth-order valence-corrected chi connectivity index (χ4v) is 4.76. The molecule has 31 heavy (non-hydrogen) atoms. The number of Topliss-reactive ketones (excluding diaryl/α,β-unsaturated/α-hetero) is 1. The quantitative estimate of drug-likeness (QED) is 0.397. The molecule has 4 aromatic rings. The Kier molecular flexibility index (Phi) is 5.14. The molecule has 0 fully saturated rings. The van der Waals surface area contributed by atoms with Crippen molar-refractivity contribution >= 4 is 27.6 Å². The molecule has 2 aromatic heterocycles. The molecule has 0 saturated heterocycles.